The van der Waals surface area contributed by atoms with Crippen molar-refractivity contribution < 1.29 is 0 Å². The Kier molecular flexibility index (Phi) is 3.22. The Bertz CT molecular complexity index is 473. The van der Waals surface area contributed by atoms with E-state index in [1.807, 2.05) is 6.20 Å². The van der Waals surface area contributed by atoms with Crippen molar-refractivity contribution in [1.29, 1.82) is 0 Å². The van der Waals surface area contributed by atoms with Crippen LogP contribution >= 0.6 is 12.4 Å². The van der Waals surface area contributed by atoms with E-state index in [1.54, 1.807) is 0 Å². The fourth-order valence-corrected chi connectivity index (χ4v) is 2.14. The lowest BCUT2D eigenvalue weighted by Crippen LogP contribution is -2.10. The second-order valence-corrected chi connectivity index (χ2v) is 4.61. The molecule has 2 aromatic rings. The molecule has 1 atom stereocenters. The minimum absolute atomic E-state index is 0. The van der Waals surface area contributed by atoms with E-state index in [2.05, 4.69) is 29.2 Å². The fourth-order valence-electron chi connectivity index (χ4n) is 2.14. The topological polar surface area (TPSA) is 41.8 Å². The first kappa shape index (κ1) is 11.5. The zero-order chi connectivity index (χ0) is 10.3. The SMILES string of the molecule is Cl.N[C@H](CC1CC1)c1ccc2cc[nH]c2c1. The monoisotopic (exact) mass is 236 g/mol. The van der Waals surface area contributed by atoms with Crippen LogP contribution in [0.3, 0.4) is 0 Å². The van der Waals surface area contributed by atoms with Gasteiger partial charge in [-0.3, -0.25) is 0 Å². The first-order valence-corrected chi connectivity index (χ1v) is 5.65. The average Bonchev–Trinajstić information content (AvgIpc) is 2.94. The zero-order valence-electron chi connectivity index (χ0n) is 9.15. The molecule has 3 heteroatoms. The van der Waals surface area contributed by atoms with Gasteiger partial charge in [0.25, 0.3) is 0 Å². The van der Waals surface area contributed by atoms with Crippen molar-refractivity contribution >= 4 is 23.3 Å². The van der Waals surface area contributed by atoms with Gasteiger partial charge in [-0.2, -0.15) is 0 Å². The van der Waals surface area contributed by atoms with Crippen LogP contribution in [-0.4, -0.2) is 4.98 Å². The second kappa shape index (κ2) is 4.48. The van der Waals surface area contributed by atoms with Crippen LogP contribution in [0.15, 0.2) is 30.5 Å². The molecular formula is C13H17ClN2. The van der Waals surface area contributed by atoms with Gasteiger partial charge in [-0.15, -0.1) is 12.4 Å². The van der Waals surface area contributed by atoms with Crippen molar-refractivity contribution in [3.63, 3.8) is 0 Å². The van der Waals surface area contributed by atoms with Gasteiger partial charge in [0.15, 0.2) is 0 Å². The summed E-state index contributed by atoms with van der Waals surface area (Å²) in [6.45, 7) is 0. The first-order valence-electron chi connectivity index (χ1n) is 5.65. The summed E-state index contributed by atoms with van der Waals surface area (Å²) in [4.78, 5) is 3.23. The van der Waals surface area contributed by atoms with Gasteiger partial charge < -0.3 is 10.7 Å². The molecule has 1 aromatic carbocycles. The van der Waals surface area contributed by atoms with Gasteiger partial charge in [-0.25, -0.2) is 0 Å². The average molecular weight is 237 g/mol. The van der Waals surface area contributed by atoms with Crippen molar-refractivity contribution in [2.75, 3.05) is 0 Å². The molecule has 16 heavy (non-hydrogen) atoms. The number of nitrogens with two attached hydrogens (primary N) is 1. The number of aromatic nitrogens is 1. The van der Waals surface area contributed by atoms with Crippen LogP contribution in [0.4, 0.5) is 0 Å². The molecule has 1 aliphatic rings. The summed E-state index contributed by atoms with van der Waals surface area (Å²) in [5.41, 5.74) is 8.64. The highest BCUT2D eigenvalue weighted by Gasteiger charge is 2.24. The molecule has 3 rings (SSSR count). The van der Waals surface area contributed by atoms with Gasteiger partial charge in [0, 0.05) is 17.8 Å². The summed E-state index contributed by atoms with van der Waals surface area (Å²) >= 11 is 0. The van der Waals surface area contributed by atoms with Crippen LogP contribution < -0.4 is 5.73 Å². The minimum atomic E-state index is 0. The molecule has 0 spiro atoms. The molecule has 0 radical (unpaired) electrons. The number of benzene rings is 1. The van der Waals surface area contributed by atoms with Crippen molar-refractivity contribution in [2.45, 2.75) is 25.3 Å². The lowest BCUT2D eigenvalue weighted by atomic mass is 10.0. The molecule has 0 amide bonds. The highest BCUT2D eigenvalue weighted by molar-refractivity contribution is 5.85. The molecule has 1 heterocycles. The molecule has 1 aromatic heterocycles. The van der Waals surface area contributed by atoms with Crippen LogP contribution in [-0.2, 0) is 0 Å². The zero-order valence-corrected chi connectivity index (χ0v) is 9.96. The van der Waals surface area contributed by atoms with E-state index < -0.39 is 0 Å². The van der Waals surface area contributed by atoms with Gasteiger partial charge >= 0.3 is 0 Å². The molecule has 0 bridgehead atoms. The predicted octanol–water partition coefficient (Wildman–Crippen LogP) is 3.39. The summed E-state index contributed by atoms with van der Waals surface area (Å²) < 4.78 is 0. The number of hydrogen-bond donors (Lipinski definition) is 2. The maximum absolute atomic E-state index is 6.18. The van der Waals surface area contributed by atoms with Crippen molar-refractivity contribution in [3.8, 4) is 0 Å². The van der Waals surface area contributed by atoms with Crippen molar-refractivity contribution in [3.05, 3.63) is 36.0 Å². The molecule has 0 unspecified atom stereocenters. The Balaban J connectivity index is 0.000000963. The Labute approximate surface area is 102 Å². The first-order chi connectivity index (χ1) is 7.33. The van der Waals surface area contributed by atoms with Crippen LogP contribution in [0.2, 0.25) is 0 Å². The summed E-state index contributed by atoms with van der Waals surface area (Å²) in [7, 11) is 0. The number of H-pyrrole nitrogens is 1. The Morgan fingerprint density at radius 2 is 2.12 bits per heavy atom. The van der Waals surface area contributed by atoms with Crippen molar-refractivity contribution in [2.24, 2.45) is 11.7 Å². The Hall–Kier alpha value is -0.990. The third-order valence-corrected chi connectivity index (χ3v) is 3.29. The lowest BCUT2D eigenvalue weighted by molar-refractivity contribution is 0.597. The summed E-state index contributed by atoms with van der Waals surface area (Å²) in [5.74, 6) is 0.888. The van der Waals surface area contributed by atoms with E-state index in [0.29, 0.717) is 0 Å². The molecule has 0 aliphatic heterocycles. The maximum atomic E-state index is 6.18. The number of hydrogen-bond acceptors (Lipinski definition) is 1. The number of rotatable bonds is 3. The lowest BCUT2D eigenvalue weighted by Gasteiger charge is -2.11. The van der Waals surface area contributed by atoms with E-state index in [-0.39, 0.29) is 18.4 Å². The Morgan fingerprint density at radius 3 is 2.88 bits per heavy atom. The third-order valence-electron chi connectivity index (χ3n) is 3.29. The number of aromatic amines is 1. The molecule has 86 valence electrons. The number of nitrogens with one attached hydrogen (secondary N) is 1. The molecule has 2 nitrogen and oxygen atoms in total. The molecule has 1 saturated carbocycles. The van der Waals surface area contributed by atoms with E-state index >= 15 is 0 Å². The maximum Gasteiger partial charge on any atom is 0.0457 e. The summed E-state index contributed by atoms with van der Waals surface area (Å²) in [6.07, 6.45) is 5.87. The van der Waals surface area contributed by atoms with Gasteiger partial charge in [-0.05, 0) is 35.4 Å². The van der Waals surface area contributed by atoms with Crippen LogP contribution in [0.5, 0.6) is 0 Å². The largest absolute Gasteiger partial charge is 0.361 e. The fraction of sp³-hybridized carbons (Fsp3) is 0.385. The van der Waals surface area contributed by atoms with E-state index in [9.17, 15) is 0 Å². The van der Waals surface area contributed by atoms with E-state index in [4.69, 9.17) is 5.73 Å². The minimum Gasteiger partial charge on any atom is -0.361 e. The molecule has 1 fully saturated rings. The van der Waals surface area contributed by atoms with Crippen LogP contribution in [0.25, 0.3) is 10.9 Å². The number of halogens is 1. The van der Waals surface area contributed by atoms with Crippen LogP contribution in [0, 0.1) is 5.92 Å². The van der Waals surface area contributed by atoms with Gasteiger partial charge in [0.2, 0.25) is 0 Å². The quantitative estimate of drug-likeness (QED) is 0.843. The smallest absolute Gasteiger partial charge is 0.0457 e. The third kappa shape index (κ3) is 2.23. The number of fused-ring (bicyclic) bond motifs is 1. The van der Waals surface area contributed by atoms with Crippen molar-refractivity contribution in [1.82, 2.24) is 4.98 Å². The Morgan fingerprint density at radius 1 is 1.31 bits per heavy atom. The summed E-state index contributed by atoms with van der Waals surface area (Å²) in [6, 6.07) is 8.79. The molecular weight excluding hydrogens is 220 g/mol. The van der Waals surface area contributed by atoms with E-state index in [1.165, 1.54) is 29.3 Å². The van der Waals surface area contributed by atoms with Gasteiger partial charge in [0.05, 0.1) is 0 Å². The highest BCUT2D eigenvalue weighted by Crippen LogP contribution is 2.37. The second-order valence-electron chi connectivity index (χ2n) is 4.61. The molecule has 1 aliphatic carbocycles. The standard InChI is InChI=1S/C13H16N2.ClH/c14-12(7-9-1-2-9)11-4-3-10-5-6-15-13(10)8-11;/h3-6,8-9,12,15H,1-2,7,14H2;1H/t12-;/m1./s1. The van der Waals surface area contributed by atoms with Gasteiger partial charge in [-0.1, -0.05) is 25.0 Å². The van der Waals surface area contributed by atoms with E-state index in [0.717, 1.165) is 12.3 Å². The summed E-state index contributed by atoms with van der Waals surface area (Å²) in [5, 5.41) is 1.26. The normalized spacial score (nSPS) is 17.1. The van der Waals surface area contributed by atoms with Crippen LogP contribution in [0.1, 0.15) is 30.9 Å². The van der Waals surface area contributed by atoms with Gasteiger partial charge in [0.1, 0.15) is 0 Å². The molecule has 3 N–H and O–H groups in total. The molecule has 0 saturated heterocycles. The predicted molar refractivity (Wildman–Crippen MR) is 69.8 cm³/mol. The highest BCUT2D eigenvalue weighted by atomic mass is 35.5.